The average Bonchev–Trinajstić information content (AvgIpc) is 2.86. The van der Waals surface area contributed by atoms with Gasteiger partial charge in [0.15, 0.2) is 0 Å². The van der Waals surface area contributed by atoms with Crippen LogP contribution in [0, 0.1) is 5.92 Å². The van der Waals surface area contributed by atoms with Crippen LogP contribution in [0.3, 0.4) is 0 Å². The Kier molecular flexibility index (Phi) is 7.13. The molecule has 128 valence electrons. The fraction of sp³-hybridized carbons (Fsp3) is 0.875. The van der Waals surface area contributed by atoms with Gasteiger partial charge < -0.3 is 20.1 Å². The lowest BCUT2D eigenvalue weighted by Gasteiger charge is -2.25. The SMILES string of the molecule is CC(C)C[C@@H](CNC(=O)C1CCCO1)NC(=O)OC(C)(C)C. The van der Waals surface area contributed by atoms with Crippen LogP contribution in [0.4, 0.5) is 4.79 Å². The fourth-order valence-electron chi connectivity index (χ4n) is 2.36. The fourth-order valence-corrected chi connectivity index (χ4v) is 2.36. The van der Waals surface area contributed by atoms with Crippen LogP contribution in [0.2, 0.25) is 0 Å². The third kappa shape index (κ3) is 7.64. The summed E-state index contributed by atoms with van der Waals surface area (Å²) in [7, 11) is 0. The minimum Gasteiger partial charge on any atom is -0.444 e. The summed E-state index contributed by atoms with van der Waals surface area (Å²) < 4.78 is 10.6. The second kappa shape index (κ2) is 8.36. The average molecular weight is 314 g/mol. The number of amides is 2. The summed E-state index contributed by atoms with van der Waals surface area (Å²) in [5.74, 6) is 0.303. The number of ether oxygens (including phenoxy) is 2. The molecule has 1 aliphatic heterocycles. The molecule has 0 aromatic rings. The van der Waals surface area contributed by atoms with Gasteiger partial charge in [0.25, 0.3) is 0 Å². The van der Waals surface area contributed by atoms with Gasteiger partial charge in [0, 0.05) is 19.2 Å². The van der Waals surface area contributed by atoms with E-state index in [1.54, 1.807) is 0 Å². The van der Waals surface area contributed by atoms with E-state index in [-0.39, 0.29) is 18.1 Å². The molecule has 2 amide bonds. The van der Waals surface area contributed by atoms with Crippen molar-refractivity contribution >= 4 is 12.0 Å². The molecule has 1 fully saturated rings. The van der Waals surface area contributed by atoms with Gasteiger partial charge >= 0.3 is 6.09 Å². The lowest BCUT2D eigenvalue weighted by atomic mass is 10.0. The van der Waals surface area contributed by atoms with Crippen LogP contribution in [0.15, 0.2) is 0 Å². The van der Waals surface area contributed by atoms with Crippen molar-refractivity contribution in [1.29, 1.82) is 0 Å². The number of hydrogen-bond acceptors (Lipinski definition) is 4. The van der Waals surface area contributed by atoms with Crippen LogP contribution in [0.25, 0.3) is 0 Å². The summed E-state index contributed by atoms with van der Waals surface area (Å²) in [6.45, 7) is 10.6. The van der Waals surface area contributed by atoms with E-state index in [9.17, 15) is 9.59 Å². The molecular formula is C16H30N2O4. The first-order valence-corrected chi connectivity index (χ1v) is 8.06. The van der Waals surface area contributed by atoms with Gasteiger partial charge in [0.1, 0.15) is 11.7 Å². The van der Waals surface area contributed by atoms with Crippen LogP contribution < -0.4 is 10.6 Å². The normalized spacial score (nSPS) is 19.8. The summed E-state index contributed by atoms with van der Waals surface area (Å²) >= 11 is 0. The van der Waals surface area contributed by atoms with E-state index < -0.39 is 11.7 Å². The van der Waals surface area contributed by atoms with Gasteiger partial charge in [-0.25, -0.2) is 4.79 Å². The molecule has 0 aromatic heterocycles. The summed E-state index contributed by atoms with van der Waals surface area (Å²) in [4.78, 5) is 23.9. The van der Waals surface area contributed by atoms with Gasteiger partial charge in [0.05, 0.1) is 0 Å². The standard InChI is InChI=1S/C16H30N2O4/c1-11(2)9-12(18-15(20)22-16(3,4)5)10-17-14(19)13-7-6-8-21-13/h11-13H,6-10H2,1-5H3,(H,17,19)(H,18,20)/t12-,13?/m0/s1. The molecule has 0 aliphatic carbocycles. The highest BCUT2D eigenvalue weighted by atomic mass is 16.6. The molecule has 0 saturated carbocycles. The van der Waals surface area contributed by atoms with Crippen molar-refractivity contribution in [2.75, 3.05) is 13.2 Å². The maximum absolute atomic E-state index is 12.0. The van der Waals surface area contributed by atoms with Crippen molar-refractivity contribution in [2.45, 2.75) is 71.6 Å². The summed E-state index contributed by atoms with van der Waals surface area (Å²) in [5.41, 5.74) is -0.534. The van der Waals surface area contributed by atoms with Crippen molar-refractivity contribution in [3.8, 4) is 0 Å². The quantitative estimate of drug-likeness (QED) is 0.788. The zero-order valence-corrected chi connectivity index (χ0v) is 14.4. The molecule has 1 saturated heterocycles. The molecule has 0 bridgehead atoms. The smallest absolute Gasteiger partial charge is 0.407 e. The Labute approximate surface area is 133 Å². The van der Waals surface area contributed by atoms with Gasteiger partial charge in [-0.3, -0.25) is 4.79 Å². The molecule has 6 nitrogen and oxygen atoms in total. The molecule has 0 spiro atoms. The van der Waals surface area contributed by atoms with E-state index in [0.717, 1.165) is 19.3 Å². The predicted octanol–water partition coefficient (Wildman–Crippen LogP) is 2.22. The van der Waals surface area contributed by atoms with Crippen LogP contribution in [0.1, 0.15) is 53.9 Å². The predicted molar refractivity (Wildman–Crippen MR) is 84.6 cm³/mol. The maximum Gasteiger partial charge on any atom is 0.407 e. The number of rotatable bonds is 6. The molecule has 1 unspecified atom stereocenters. The van der Waals surface area contributed by atoms with E-state index >= 15 is 0 Å². The zero-order valence-electron chi connectivity index (χ0n) is 14.4. The van der Waals surface area contributed by atoms with Crippen molar-refractivity contribution in [3.05, 3.63) is 0 Å². The molecule has 1 rings (SSSR count). The summed E-state index contributed by atoms with van der Waals surface area (Å²) in [6, 6.07) is -0.153. The Morgan fingerprint density at radius 2 is 2.00 bits per heavy atom. The molecule has 0 aromatic carbocycles. The first-order valence-electron chi connectivity index (χ1n) is 8.06. The highest BCUT2D eigenvalue weighted by Crippen LogP contribution is 2.12. The highest BCUT2D eigenvalue weighted by Gasteiger charge is 2.25. The van der Waals surface area contributed by atoms with E-state index in [4.69, 9.17) is 9.47 Å². The minimum atomic E-state index is -0.534. The van der Waals surface area contributed by atoms with Crippen molar-refractivity contribution in [1.82, 2.24) is 10.6 Å². The molecule has 1 aliphatic rings. The molecule has 22 heavy (non-hydrogen) atoms. The topological polar surface area (TPSA) is 76.7 Å². The number of carbonyl (C=O) groups is 2. The van der Waals surface area contributed by atoms with E-state index in [2.05, 4.69) is 24.5 Å². The maximum atomic E-state index is 12.0. The van der Waals surface area contributed by atoms with Gasteiger partial charge in [-0.05, 0) is 46.0 Å². The first kappa shape index (κ1) is 18.7. The molecule has 2 atom stereocenters. The zero-order chi connectivity index (χ0) is 16.8. The van der Waals surface area contributed by atoms with Crippen molar-refractivity contribution < 1.29 is 19.1 Å². The molecule has 1 heterocycles. The molecule has 2 N–H and O–H groups in total. The van der Waals surface area contributed by atoms with Crippen LogP contribution in [-0.2, 0) is 14.3 Å². The third-order valence-electron chi connectivity index (χ3n) is 3.22. The van der Waals surface area contributed by atoms with Crippen molar-refractivity contribution in [2.24, 2.45) is 5.92 Å². The molecular weight excluding hydrogens is 284 g/mol. The first-order chi connectivity index (χ1) is 10.2. The number of hydrogen-bond donors (Lipinski definition) is 2. The van der Waals surface area contributed by atoms with Crippen LogP contribution in [-0.4, -0.2) is 42.9 Å². The lowest BCUT2D eigenvalue weighted by molar-refractivity contribution is -0.130. The summed E-state index contributed by atoms with van der Waals surface area (Å²) in [5, 5.41) is 5.70. The molecule has 6 heteroatoms. The monoisotopic (exact) mass is 314 g/mol. The third-order valence-corrected chi connectivity index (χ3v) is 3.22. The highest BCUT2D eigenvalue weighted by molar-refractivity contribution is 5.81. The Balaban J connectivity index is 2.45. The van der Waals surface area contributed by atoms with E-state index in [1.807, 2.05) is 20.8 Å². The Hall–Kier alpha value is -1.30. The number of nitrogens with one attached hydrogen (secondary N) is 2. The lowest BCUT2D eigenvalue weighted by Crippen LogP contribution is -2.47. The minimum absolute atomic E-state index is 0.0998. The van der Waals surface area contributed by atoms with Gasteiger partial charge in [0.2, 0.25) is 5.91 Å². The number of alkyl carbamates (subject to hydrolysis) is 1. The van der Waals surface area contributed by atoms with Crippen LogP contribution in [0.5, 0.6) is 0 Å². The van der Waals surface area contributed by atoms with Gasteiger partial charge in [-0.2, -0.15) is 0 Å². The van der Waals surface area contributed by atoms with Gasteiger partial charge in [-0.15, -0.1) is 0 Å². The molecule has 0 radical (unpaired) electrons. The van der Waals surface area contributed by atoms with Crippen molar-refractivity contribution in [3.63, 3.8) is 0 Å². The second-order valence-corrected chi connectivity index (χ2v) is 7.22. The van der Waals surface area contributed by atoms with Gasteiger partial charge in [-0.1, -0.05) is 13.8 Å². The van der Waals surface area contributed by atoms with E-state index in [1.165, 1.54) is 0 Å². The Bertz CT molecular complexity index is 371. The van der Waals surface area contributed by atoms with Crippen LogP contribution >= 0.6 is 0 Å². The number of carbonyl (C=O) groups excluding carboxylic acids is 2. The Morgan fingerprint density at radius 1 is 1.32 bits per heavy atom. The summed E-state index contributed by atoms with van der Waals surface area (Å²) in [6.07, 6.45) is 1.65. The largest absolute Gasteiger partial charge is 0.444 e. The van der Waals surface area contributed by atoms with E-state index in [0.29, 0.717) is 19.1 Å². The Morgan fingerprint density at radius 3 is 2.50 bits per heavy atom. The second-order valence-electron chi connectivity index (χ2n) is 7.22.